The summed E-state index contributed by atoms with van der Waals surface area (Å²) < 4.78 is 5.45. The Labute approximate surface area is 111 Å². The van der Waals surface area contributed by atoms with Crippen LogP contribution in [0.5, 0.6) is 0 Å². The third kappa shape index (κ3) is 4.50. The monoisotopic (exact) mass is 255 g/mol. The number of hydrogen-bond acceptors (Lipinski definition) is 4. The molecule has 2 fully saturated rings. The Kier molecular flexibility index (Phi) is 6.41. The van der Waals surface area contributed by atoms with Crippen molar-refractivity contribution in [1.29, 1.82) is 0 Å². The maximum Gasteiger partial charge on any atom is 0.0594 e. The molecule has 0 atom stereocenters. The first kappa shape index (κ1) is 14.3. The van der Waals surface area contributed by atoms with Crippen molar-refractivity contribution < 1.29 is 4.74 Å². The van der Waals surface area contributed by atoms with Gasteiger partial charge in [0.05, 0.1) is 13.2 Å². The molecule has 0 aliphatic carbocycles. The average Bonchev–Trinajstić information content (AvgIpc) is 2.45. The fraction of sp³-hybridized carbons (Fsp3) is 1.00. The van der Waals surface area contributed by atoms with Crippen LogP contribution >= 0.6 is 0 Å². The Morgan fingerprint density at radius 1 is 0.944 bits per heavy atom. The molecule has 4 heteroatoms. The number of nitrogens with two attached hydrogens (primary N) is 1. The van der Waals surface area contributed by atoms with Gasteiger partial charge < -0.3 is 20.3 Å². The first-order valence-electron chi connectivity index (χ1n) is 7.64. The Morgan fingerprint density at radius 2 is 1.67 bits per heavy atom. The van der Waals surface area contributed by atoms with Gasteiger partial charge in [-0.25, -0.2) is 0 Å². The molecule has 2 rings (SSSR count). The zero-order chi connectivity index (χ0) is 12.6. The standard InChI is InChI=1S/C14H29N3O/c15-6-12-18-13-11-16-9-4-14(5-10-16)17-7-2-1-3-8-17/h14H,1-13,15H2. The molecule has 2 N–H and O–H groups in total. The van der Waals surface area contributed by atoms with E-state index < -0.39 is 0 Å². The van der Waals surface area contributed by atoms with E-state index in [2.05, 4.69) is 9.80 Å². The molecular weight excluding hydrogens is 226 g/mol. The predicted molar refractivity (Wildman–Crippen MR) is 74.8 cm³/mol. The van der Waals surface area contributed by atoms with Gasteiger partial charge in [-0.2, -0.15) is 0 Å². The van der Waals surface area contributed by atoms with Crippen molar-refractivity contribution in [3.8, 4) is 0 Å². The average molecular weight is 255 g/mol. The molecule has 2 heterocycles. The minimum Gasteiger partial charge on any atom is -0.379 e. The van der Waals surface area contributed by atoms with Crippen molar-refractivity contribution in [2.24, 2.45) is 5.73 Å². The molecule has 106 valence electrons. The van der Waals surface area contributed by atoms with Crippen molar-refractivity contribution in [2.75, 3.05) is 52.5 Å². The summed E-state index contributed by atoms with van der Waals surface area (Å²) >= 11 is 0. The fourth-order valence-electron chi connectivity index (χ4n) is 3.17. The first-order valence-corrected chi connectivity index (χ1v) is 7.64. The molecule has 0 amide bonds. The summed E-state index contributed by atoms with van der Waals surface area (Å²) in [6, 6.07) is 0.853. The highest BCUT2D eigenvalue weighted by Crippen LogP contribution is 2.20. The number of likely N-dealkylation sites (tertiary alicyclic amines) is 2. The van der Waals surface area contributed by atoms with E-state index in [1.165, 1.54) is 58.3 Å². The van der Waals surface area contributed by atoms with E-state index >= 15 is 0 Å². The molecule has 0 aromatic heterocycles. The second kappa shape index (κ2) is 8.10. The summed E-state index contributed by atoms with van der Waals surface area (Å²) in [5.74, 6) is 0. The van der Waals surface area contributed by atoms with E-state index in [1.807, 2.05) is 0 Å². The van der Waals surface area contributed by atoms with Crippen LogP contribution in [0.2, 0.25) is 0 Å². The zero-order valence-electron chi connectivity index (χ0n) is 11.6. The number of nitrogens with zero attached hydrogens (tertiary/aromatic N) is 2. The van der Waals surface area contributed by atoms with E-state index in [9.17, 15) is 0 Å². The summed E-state index contributed by atoms with van der Waals surface area (Å²) in [7, 11) is 0. The highest BCUT2D eigenvalue weighted by Gasteiger charge is 2.25. The van der Waals surface area contributed by atoms with Gasteiger partial charge in [-0.15, -0.1) is 0 Å². The second-order valence-corrected chi connectivity index (χ2v) is 5.57. The van der Waals surface area contributed by atoms with Gasteiger partial charge in [0.15, 0.2) is 0 Å². The normalized spacial score (nSPS) is 24.5. The molecule has 0 spiro atoms. The summed E-state index contributed by atoms with van der Waals surface area (Å²) in [6.45, 7) is 8.41. The van der Waals surface area contributed by atoms with Crippen LogP contribution in [0.1, 0.15) is 32.1 Å². The quantitative estimate of drug-likeness (QED) is 0.717. The number of rotatable bonds is 6. The van der Waals surface area contributed by atoms with Gasteiger partial charge in [0.25, 0.3) is 0 Å². The van der Waals surface area contributed by atoms with E-state index in [0.29, 0.717) is 13.2 Å². The molecule has 2 aliphatic heterocycles. The predicted octanol–water partition coefficient (Wildman–Crippen LogP) is 0.912. The Morgan fingerprint density at radius 3 is 2.33 bits per heavy atom. The van der Waals surface area contributed by atoms with E-state index in [-0.39, 0.29) is 0 Å². The number of hydrogen-bond donors (Lipinski definition) is 1. The third-order valence-corrected chi connectivity index (χ3v) is 4.28. The largest absolute Gasteiger partial charge is 0.379 e. The summed E-state index contributed by atoms with van der Waals surface area (Å²) in [6.07, 6.45) is 6.95. The van der Waals surface area contributed by atoms with Crippen LogP contribution < -0.4 is 5.73 Å². The minimum absolute atomic E-state index is 0.636. The first-order chi connectivity index (χ1) is 8.90. The fourth-order valence-corrected chi connectivity index (χ4v) is 3.17. The topological polar surface area (TPSA) is 41.7 Å². The lowest BCUT2D eigenvalue weighted by molar-refractivity contribution is 0.0661. The smallest absolute Gasteiger partial charge is 0.0594 e. The van der Waals surface area contributed by atoms with Gasteiger partial charge in [-0.3, -0.25) is 0 Å². The van der Waals surface area contributed by atoms with Crippen LogP contribution in [-0.4, -0.2) is 68.3 Å². The van der Waals surface area contributed by atoms with Gasteiger partial charge in [-0.1, -0.05) is 6.42 Å². The molecule has 0 bridgehead atoms. The van der Waals surface area contributed by atoms with E-state index in [0.717, 1.165) is 19.2 Å². The molecule has 4 nitrogen and oxygen atoms in total. The maximum absolute atomic E-state index is 5.45. The van der Waals surface area contributed by atoms with Crippen LogP contribution in [-0.2, 0) is 4.74 Å². The van der Waals surface area contributed by atoms with Gasteiger partial charge >= 0.3 is 0 Å². The summed E-state index contributed by atoms with van der Waals surface area (Å²) in [4.78, 5) is 5.27. The van der Waals surface area contributed by atoms with Crippen LogP contribution in [0.3, 0.4) is 0 Å². The van der Waals surface area contributed by atoms with Crippen molar-refractivity contribution in [1.82, 2.24) is 9.80 Å². The lowest BCUT2D eigenvalue weighted by Crippen LogP contribution is -2.47. The maximum atomic E-state index is 5.45. The van der Waals surface area contributed by atoms with E-state index in [1.54, 1.807) is 0 Å². The van der Waals surface area contributed by atoms with Crippen molar-refractivity contribution in [3.63, 3.8) is 0 Å². The van der Waals surface area contributed by atoms with Crippen LogP contribution in [0.25, 0.3) is 0 Å². The second-order valence-electron chi connectivity index (χ2n) is 5.57. The summed E-state index contributed by atoms with van der Waals surface area (Å²) in [5, 5.41) is 0. The summed E-state index contributed by atoms with van der Waals surface area (Å²) in [5.41, 5.74) is 5.40. The van der Waals surface area contributed by atoms with E-state index in [4.69, 9.17) is 10.5 Å². The molecule has 2 saturated heterocycles. The molecule has 0 aromatic carbocycles. The molecule has 0 saturated carbocycles. The van der Waals surface area contributed by atoms with Gasteiger partial charge in [0.1, 0.15) is 0 Å². The van der Waals surface area contributed by atoms with Crippen LogP contribution in [0.15, 0.2) is 0 Å². The highest BCUT2D eigenvalue weighted by atomic mass is 16.5. The third-order valence-electron chi connectivity index (χ3n) is 4.28. The molecule has 18 heavy (non-hydrogen) atoms. The SMILES string of the molecule is NCCOCCN1CCC(N2CCCCC2)CC1. The van der Waals surface area contributed by atoms with Gasteiger partial charge in [-0.05, 0) is 51.9 Å². The lowest BCUT2D eigenvalue weighted by Gasteiger charge is -2.40. The Bertz CT molecular complexity index is 211. The number of ether oxygens (including phenoxy) is 1. The highest BCUT2D eigenvalue weighted by molar-refractivity contribution is 4.81. The van der Waals surface area contributed by atoms with Crippen molar-refractivity contribution in [2.45, 2.75) is 38.1 Å². The molecule has 0 radical (unpaired) electrons. The van der Waals surface area contributed by atoms with Gasteiger partial charge in [0.2, 0.25) is 0 Å². The molecular formula is C14H29N3O. The van der Waals surface area contributed by atoms with Crippen molar-refractivity contribution >= 4 is 0 Å². The van der Waals surface area contributed by atoms with Crippen LogP contribution in [0.4, 0.5) is 0 Å². The van der Waals surface area contributed by atoms with Crippen molar-refractivity contribution in [3.05, 3.63) is 0 Å². The lowest BCUT2D eigenvalue weighted by atomic mass is 10.00. The zero-order valence-corrected chi connectivity index (χ0v) is 11.6. The Hall–Kier alpha value is -0.160. The Balaban J connectivity index is 1.58. The molecule has 2 aliphatic rings. The molecule has 0 aromatic rings. The van der Waals surface area contributed by atoms with Gasteiger partial charge in [0, 0.05) is 19.1 Å². The minimum atomic E-state index is 0.636. The number of piperidine rings is 2. The van der Waals surface area contributed by atoms with Crippen LogP contribution in [0, 0.1) is 0 Å². The molecule has 0 unspecified atom stereocenters.